The van der Waals surface area contributed by atoms with Crippen LogP contribution in [0.15, 0.2) is 83.8 Å². The zero-order valence-electron chi connectivity index (χ0n) is 22.2. The Morgan fingerprint density at radius 3 is 1.66 bits per heavy atom. The predicted octanol–water partition coefficient (Wildman–Crippen LogP) is 7.85. The molecule has 2 atom stereocenters. The second kappa shape index (κ2) is 15.2. The number of nitrogens with one attached hydrogen (secondary N) is 1. The summed E-state index contributed by atoms with van der Waals surface area (Å²) in [5, 5.41) is 0. The molecule has 3 rings (SSSR count). The van der Waals surface area contributed by atoms with Gasteiger partial charge in [0.2, 0.25) is 0 Å². The molecule has 0 aliphatic heterocycles. The van der Waals surface area contributed by atoms with Gasteiger partial charge >= 0.3 is 0 Å². The molecule has 5 heteroatoms. The average Bonchev–Trinajstić information content (AvgIpc) is 2.90. The Labute approximate surface area is 212 Å². The van der Waals surface area contributed by atoms with Gasteiger partial charge in [0, 0.05) is 5.56 Å². The third-order valence-corrected chi connectivity index (χ3v) is 7.24. The van der Waals surface area contributed by atoms with E-state index < -0.39 is 15.9 Å². The Balaban J connectivity index is 0.000000425. The lowest BCUT2D eigenvalue weighted by Gasteiger charge is -2.11. The van der Waals surface area contributed by atoms with Gasteiger partial charge in [0.25, 0.3) is 15.9 Å². The van der Waals surface area contributed by atoms with E-state index in [0.717, 1.165) is 17.5 Å². The van der Waals surface area contributed by atoms with Gasteiger partial charge in [0.05, 0.1) is 4.90 Å². The van der Waals surface area contributed by atoms with Crippen LogP contribution in [0.1, 0.15) is 93.3 Å². The number of aryl methyl sites for hydroxylation is 1. The van der Waals surface area contributed by atoms with E-state index in [1.54, 1.807) is 36.4 Å². The second-order valence-corrected chi connectivity index (χ2v) is 10.1. The fourth-order valence-electron chi connectivity index (χ4n) is 3.17. The van der Waals surface area contributed by atoms with Crippen molar-refractivity contribution in [3.05, 3.63) is 101 Å². The maximum absolute atomic E-state index is 12.3. The van der Waals surface area contributed by atoms with E-state index in [1.807, 2.05) is 20.8 Å². The van der Waals surface area contributed by atoms with Crippen molar-refractivity contribution < 1.29 is 13.2 Å². The van der Waals surface area contributed by atoms with Crippen LogP contribution in [0.25, 0.3) is 0 Å². The Morgan fingerprint density at radius 1 is 0.743 bits per heavy atom. The maximum atomic E-state index is 12.3. The van der Waals surface area contributed by atoms with Gasteiger partial charge in [-0.3, -0.25) is 4.79 Å². The smallest absolute Gasteiger partial charge is 0.264 e. The fourth-order valence-corrected chi connectivity index (χ4v) is 4.15. The molecule has 0 saturated heterocycles. The lowest BCUT2D eigenvalue weighted by Crippen LogP contribution is -2.30. The van der Waals surface area contributed by atoms with Crippen LogP contribution in [-0.2, 0) is 10.0 Å². The highest BCUT2D eigenvalue weighted by molar-refractivity contribution is 7.90. The molecule has 35 heavy (non-hydrogen) atoms. The molecule has 0 fully saturated rings. The van der Waals surface area contributed by atoms with Crippen molar-refractivity contribution in [2.45, 2.75) is 78.0 Å². The summed E-state index contributed by atoms with van der Waals surface area (Å²) in [6.45, 7) is 14.5. The molecule has 3 aromatic carbocycles. The molecule has 0 spiro atoms. The summed E-state index contributed by atoms with van der Waals surface area (Å²) in [5.41, 5.74) is 3.85. The third-order valence-electron chi connectivity index (χ3n) is 5.89. The van der Waals surface area contributed by atoms with Gasteiger partial charge in [-0.1, -0.05) is 102 Å². The summed E-state index contributed by atoms with van der Waals surface area (Å²) in [4.78, 5) is 12.2. The lowest BCUT2D eigenvalue weighted by molar-refractivity contribution is 0.0981. The quantitative estimate of drug-likeness (QED) is 0.363. The van der Waals surface area contributed by atoms with E-state index in [2.05, 4.69) is 62.7 Å². The van der Waals surface area contributed by atoms with Gasteiger partial charge in [-0.2, -0.15) is 0 Å². The molecule has 2 unspecified atom stereocenters. The van der Waals surface area contributed by atoms with Crippen LogP contribution >= 0.6 is 0 Å². The molecule has 0 aromatic heterocycles. The molecule has 190 valence electrons. The van der Waals surface area contributed by atoms with E-state index in [-0.39, 0.29) is 4.90 Å². The minimum atomic E-state index is -3.87. The number of hydrogen-bond donors (Lipinski definition) is 1. The summed E-state index contributed by atoms with van der Waals surface area (Å²) < 4.78 is 26.7. The zero-order chi connectivity index (χ0) is 26.4. The third kappa shape index (κ3) is 9.69. The van der Waals surface area contributed by atoms with Crippen molar-refractivity contribution in [2.75, 3.05) is 0 Å². The van der Waals surface area contributed by atoms with Gasteiger partial charge in [-0.15, -0.1) is 0 Å². The molecule has 0 saturated carbocycles. The van der Waals surface area contributed by atoms with Gasteiger partial charge in [-0.05, 0) is 67.0 Å². The molecule has 0 aliphatic rings. The number of sulfonamides is 1. The summed E-state index contributed by atoms with van der Waals surface area (Å²) in [5.74, 6) is 0.450. The first-order valence-corrected chi connectivity index (χ1v) is 13.9. The highest BCUT2D eigenvalue weighted by Gasteiger charge is 2.19. The van der Waals surface area contributed by atoms with Crippen LogP contribution in [-0.4, -0.2) is 14.3 Å². The van der Waals surface area contributed by atoms with E-state index in [0.29, 0.717) is 17.4 Å². The van der Waals surface area contributed by atoms with Crippen molar-refractivity contribution >= 4 is 15.9 Å². The first-order valence-electron chi connectivity index (χ1n) is 12.5. The fraction of sp³-hybridized carbons (Fsp3) is 0.367. The van der Waals surface area contributed by atoms with Crippen molar-refractivity contribution in [3.63, 3.8) is 0 Å². The Bertz CT molecular complexity index is 1110. The van der Waals surface area contributed by atoms with Gasteiger partial charge in [-0.25, -0.2) is 13.1 Å². The van der Waals surface area contributed by atoms with Crippen LogP contribution < -0.4 is 4.72 Å². The van der Waals surface area contributed by atoms with Gasteiger partial charge < -0.3 is 0 Å². The minimum absolute atomic E-state index is 0.0880. The maximum Gasteiger partial charge on any atom is 0.264 e. The first kappa shape index (κ1) is 30.1. The molecule has 4 nitrogen and oxygen atoms in total. The molecule has 0 bridgehead atoms. The Morgan fingerprint density at radius 2 is 1.20 bits per heavy atom. The average molecular weight is 496 g/mol. The topological polar surface area (TPSA) is 63.2 Å². The normalized spacial score (nSPS) is 12.2. The summed E-state index contributed by atoms with van der Waals surface area (Å²) in [6, 6.07) is 24.0. The summed E-state index contributed by atoms with van der Waals surface area (Å²) in [7, 11) is -3.87. The number of carbonyl (C=O) groups is 1. The standard InChI is InChI=1S/C18H21NO3S.C10H14.C2H6/c1-4-14(3)15-9-11-17(12-10-15)23(21,22)19-18(20)16-7-5-13(2)6-8-16;1-3-9(2)10-7-5-4-6-8-10;1-2/h5-12,14H,4H2,1-3H3,(H,19,20);4-9H,3H2,1-2H3;1-2H3. The monoisotopic (exact) mass is 495 g/mol. The van der Waals surface area contributed by atoms with Crippen molar-refractivity contribution in [3.8, 4) is 0 Å². The van der Waals surface area contributed by atoms with Crippen LogP contribution in [0.3, 0.4) is 0 Å². The van der Waals surface area contributed by atoms with Gasteiger partial charge in [0.1, 0.15) is 0 Å². The SMILES string of the molecule is CC.CCC(C)c1ccc(S(=O)(=O)NC(=O)c2ccc(C)cc2)cc1.CCC(C)c1ccccc1. The Hall–Kier alpha value is -2.92. The number of benzene rings is 3. The van der Waals surface area contributed by atoms with Crippen molar-refractivity contribution in [1.29, 1.82) is 0 Å². The number of amides is 1. The Kier molecular flexibility index (Phi) is 13.0. The minimum Gasteiger partial charge on any atom is -0.268 e. The largest absolute Gasteiger partial charge is 0.268 e. The second-order valence-electron chi connectivity index (χ2n) is 8.40. The number of rotatable bonds is 7. The molecule has 3 aromatic rings. The highest BCUT2D eigenvalue weighted by Crippen LogP contribution is 2.20. The van der Waals surface area contributed by atoms with E-state index in [1.165, 1.54) is 24.1 Å². The van der Waals surface area contributed by atoms with Crippen molar-refractivity contribution in [2.24, 2.45) is 0 Å². The summed E-state index contributed by atoms with van der Waals surface area (Å²) in [6.07, 6.45) is 2.21. The van der Waals surface area contributed by atoms with Gasteiger partial charge in [0.15, 0.2) is 0 Å². The van der Waals surface area contributed by atoms with Crippen molar-refractivity contribution in [1.82, 2.24) is 4.72 Å². The summed E-state index contributed by atoms with van der Waals surface area (Å²) >= 11 is 0. The van der Waals surface area contributed by atoms with Crippen LogP contribution in [0, 0.1) is 6.92 Å². The molecular formula is C30H41NO3S. The van der Waals surface area contributed by atoms with Crippen LogP contribution in [0.5, 0.6) is 0 Å². The van der Waals surface area contributed by atoms with Crippen LogP contribution in [0.2, 0.25) is 0 Å². The van der Waals surface area contributed by atoms with E-state index >= 15 is 0 Å². The highest BCUT2D eigenvalue weighted by atomic mass is 32.2. The number of carbonyl (C=O) groups excluding carboxylic acids is 1. The van der Waals surface area contributed by atoms with E-state index in [4.69, 9.17) is 0 Å². The number of hydrogen-bond acceptors (Lipinski definition) is 3. The van der Waals surface area contributed by atoms with Crippen LogP contribution in [0.4, 0.5) is 0 Å². The molecule has 1 amide bonds. The molecule has 0 radical (unpaired) electrons. The zero-order valence-corrected chi connectivity index (χ0v) is 23.0. The molecule has 1 N–H and O–H groups in total. The lowest BCUT2D eigenvalue weighted by atomic mass is 9.99. The molecule has 0 aliphatic carbocycles. The molecule has 0 heterocycles. The van der Waals surface area contributed by atoms with E-state index in [9.17, 15) is 13.2 Å². The first-order chi connectivity index (χ1) is 16.7. The predicted molar refractivity (Wildman–Crippen MR) is 147 cm³/mol. The molecular weight excluding hydrogens is 454 g/mol.